The van der Waals surface area contributed by atoms with Gasteiger partial charge in [-0.05, 0) is 34.7 Å². The van der Waals surface area contributed by atoms with Crippen LogP contribution < -0.4 is 0 Å². The van der Waals surface area contributed by atoms with Crippen molar-refractivity contribution in [3.05, 3.63) is 20.8 Å². The van der Waals surface area contributed by atoms with E-state index in [9.17, 15) is 0 Å². The summed E-state index contributed by atoms with van der Waals surface area (Å²) >= 11 is 11.3. The number of aromatic nitrogens is 2. The molecule has 2 aromatic heterocycles. The van der Waals surface area contributed by atoms with Crippen LogP contribution in [0, 0.1) is 0 Å². The summed E-state index contributed by atoms with van der Waals surface area (Å²) in [7, 11) is 0. The van der Waals surface area contributed by atoms with Crippen LogP contribution in [0.15, 0.2) is 10.8 Å². The molecule has 5 heteroatoms. The van der Waals surface area contributed by atoms with Gasteiger partial charge in [0.05, 0.1) is 5.39 Å². The van der Waals surface area contributed by atoms with Crippen LogP contribution in [0.4, 0.5) is 0 Å². The van der Waals surface area contributed by atoms with Gasteiger partial charge in [-0.15, -0.1) is 11.3 Å². The van der Waals surface area contributed by atoms with E-state index >= 15 is 0 Å². The van der Waals surface area contributed by atoms with Crippen molar-refractivity contribution in [3.63, 3.8) is 0 Å². The Morgan fingerprint density at radius 3 is 2.86 bits per heavy atom. The Balaban J connectivity index is 2.34. The predicted molar refractivity (Wildman–Crippen MR) is 62.1 cm³/mol. The summed E-state index contributed by atoms with van der Waals surface area (Å²) in [5.41, 5.74) is 0. The molecule has 0 N–H and O–H groups in total. The quantitative estimate of drug-likeness (QED) is 0.742. The number of hydrogen-bond acceptors (Lipinski definition) is 3. The molecule has 1 aliphatic carbocycles. The highest BCUT2D eigenvalue weighted by Crippen LogP contribution is 2.50. The average Bonchev–Trinajstić information content (AvgIpc) is 2.93. The van der Waals surface area contributed by atoms with Gasteiger partial charge in [0, 0.05) is 9.35 Å². The first-order chi connectivity index (χ1) is 6.77. The van der Waals surface area contributed by atoms with Crippen LogP contribution >= 0.6 is 38.9 Å². The van der Waals surface area contributed by atoms with E-state index in [1.807, 2.05) is 0 Å². The number of thiophene rings is 1. The molecule has 0 spiro atoms. The van der Waals surface area contributed by atoms with E-state index in [1.165, 1.54) is 24.0 Å². The van der Waals surface area contributed by atoms with E-state index in [4.69, 9.17) is 11.6 Å². The summed E-state index contributed by atoms with van der Waals surface area (Å²) in [5, 5.41) is 1.52. The average molecular weight is 290 g/mol. The minimum atomic E-state index is 0.546. The van der Waals surface area contributed by atoms with Crippen LogP contribution in [0.1, 0.15) is 23.6 Å². The van der Waals surface area contributed by atoms with Gasteiger partial charge < -0.3 is 0 Å². The SMILES string of the molecule is Clc1ncnc2sc(C3CC3)c(Br)c12. The molecule has 72 valence electrons. The van der Waals surface area contributed by atoms with Gasteiger partial charge in [-0.3, -0.25) is 0 Å². The standard InChI is InChI=1S/C9H6BrClN2S/c10-6-5-8(11)12-3-13-9(5)14-7(6)4-1-2-4/h3-4H,1-2H2. The fourth-order valence-electron chi connectivity index (χ4n) is 1.49. The molecule has 2 aromatic rings. The molecule has 14 heavy (non-hydrogen) atoms. The van der Waals surface area contributed by atoms with Crippen molar-refractivity contribution in [1.29, 1.82) is 0 Å². The fraction of sp³-hybridized carbons (Fsp3) is 0.333. The van der Waals surface area contributed by atoms with Crippen LogP contribution in [0.5, 0.6) is 0 Å². The molecular formula is C9H6BrClN2S. The van der Waals surface area contributed by atoms with E-state index in [0.29, 0.717) is 5.15 Å². The predicted octanol–water partition coefficient (Wildman–Crippen LogP) is 3.98. The summed E-state index contributed by atoms with van der Waals surface area (Å²) in [4.78, 5) is 10.6. The largest absolute Gasteiger partial charge is 0.225 e. The third-order valence-electron chi connectivity index (χ3n) is 2.36. The van der Waals surface area contributed by atoms with E-state index < -0.39 is 0 Å². The first-order valence-electron chi connectivity index (χ1n) is 4.35. The topological polar surface area (TPSA) is 25.8 Å². The summed E-state index contributed by atoms with van der Waals surface area (Å²) in [6, 6.07) is 0. The van der Waals surface area contributed by atoms with Crippen molar-refractivity contribution < 1.29 is 0 Å². The molecule has 0 atom stereocenters. The van der Waals surface area contributed by atoms with Crippen molar-refractivity contribution in [2.24, 2.45) is 0 Å². The lowest BCUT2D eigenvalue weighted by Crippen LogP contribution is -1.78. The number of hydrogen-bond donors (Lipinski definition) is 0. The zero-order valence-corrected chi connectivity index (χ0v) is 10.3. The molecule has 0 unspecified atom stereocenters. The van der Waals surface area contributed by atoms with E-state index in [-0.39, 0.29) is 0 Å². The normalized spacial score (nSPS) is 16.4. The molecule has 0 saturated heterocycles. The van der Waals surface area contributed by atoms with Gasteiger partial charge in [-0.25, -0.2) is 9.97 Å². The Morgan fingerprint density at radius 2 is 2.21 bits per heavy atom. The molecule has 2 nitrogen and oxygen atoms in total. The maximum atomic E-state index is 6.03. The molecule has 2 heterocycles. The van der Waals surface area contributed by atoms with Gasteiger partial charge in [0.25, 0.3) is 0 Å². The van der Waals surface area contributed by atoms with Crippen molar-refractivity contribution in [1.82, 2.24) is 9.97 Å². The summed E-state index contributed by atoms with van der Waals surface area (Å²) in [5.74, 6) is 0.722. The molecule has 0 aliphatic heterocycles. The third-order valence-corrected chi connectivity index (χ3v) is 4.99. The Morgan fingerprint density at radius 1 is 1.43 bits per heavy atom. The second-order valence-corrected chi connectivity index (χ2v) is 5.58. The molecule has 3 rings (SSSR count). The highest BCUT2D eigenvalue weighted by atomic mass is 79.9. The van der Waals surface area contributed by atoms with Crippen molar-refractivity contribution in [2.75, 3.05) is 0 Å². The van der Waals surface area contributed by atoms with Crippen LogP contribution in [0.2, 0.25) is 5.15 Å². The first-order valence-corrected chi connectivity index (χ1v) is 6.34. The zero-order valence-electron chi connectivity index (χ0n) is 7.13. The Labute approximate surface area is 98.5 Å². The highest BCUT2D eigenvalue weighted by molar-refractivity contribution is 9.10. The second-order valence-electron chi connectivity index (χ2n) is 3.40. The Hall–Kier alpha value is -0.190. The molecule has 0 bridgehead atoms. The van der Waals surface area contributed by atoms with Gasteiger partial charge in [0.1, 0.15) is 16.3 Å². The van der Waals surface area contributed by atoms with Crippen LogP contribution in [-0.4, -0.2) is 9.97 Å². The smallest absolute Gasteiger partial charge is 0.142 e. The Bertz CT molecular complexity index is 507. The van der Waals surface area contributed by atoms with Gasteiger partial charge in [0.15, 0.2) is 0 Å². The Kier molecular flexibility index (Phi) is 2.04. The molecule has 0 amide bonds. The zero-order chi connectivity index (χ0) is 9.71. The van der Waals surface area contributed by atoms with Crippen LogP contribution in [-0.2, 0) is 0 Å². The number of rotatable bonds is 1. The van der Waals surface area contributed by atoms with Crippen LogP contribution in [0.25, 0.3) is 10.2 Å². The maximum absolute atomic E-state index is 6.03. The van der Waals surface area contributed by atoms with Crippen molar-refractivity contribution in [3.8, 4) is 0 Å². The van der Waals surface area contributed by atoms with E-state index in [1.54, 1.807) is 11.3 Å². The van der Waals surface area contributed by atoms with Gasteiger partial charge >= 0.3 is 0 Å². The minimum absolute atomic E-state index is 0.546. The molecule has 0 aromatic carbocycles. The highest BCUT2D eigenvalue weighted by Gasteiger charge is 2.29. The molecule has 1 fully saturated rings. The first kappa shape index (κ1) is 9.07. The summed E-state index contributed by atoms with van der Waals surface area (Å²) < 4.78 is 1.10. The van der Waals surface area contributed by atoms with Gasteiger partial charge in [-0.1, -0.05) is 11.6 Å². The fourth-order valence-corrected chi connectivity index (χ4v) is 4.17. The molecule has 0 radical (unpaired) electrons. The van der Waals surface area contributed by atoms with Gasteiger partial charge in [0.2, 0.25) is 0 Å². The van der Waals surface area contributed by atoms with Gasteiger partial charge in [-0.2, -0.15) is 0 Å². The molecule has 1 aliphatic rings. The lowest BCUT2D eigenvalue weighted by molar-refractivity contribution is 1.17. The molecule has 1 saturated carbocycles. The third kappa shape index (κ3) is 1.28. The summed E-state index contributed by atoms with van der Waals surface area (Å²) in [6.07, 6.45) is 4.09. The van der Waals surface area contributed by atoms with Crippen molar-refractivity contribution in [2.45, 2.75) is 18.8 Å². The lowest BCUT2D eigenvalue weighted by atomic mass is 10.3. The monoisotopic (exact) mass is 288 g/mol. The maximum Gasteiger partial charge on any atom is 0.142 e. The second kappa shape index (κ2) is 3.15. The van der Waals surface area contributed by atoms with E-state index in [2.05, 4.69) is 25.9 Å². The lowest BCUT2D eigenvalue weighted by Gasteiger charge is -1.93. The minimum Gasteiger partial charge on any atom is -0.225 e. The number of halogens is 2. The summed E-state index contributed by atoms with van der Waals surface area (Å²) in [6.45, 7) is 0. The van der Waals surface area contributed by atoms with Crippen LogP contribution in [0.3, 0.4) is 0 Å². The van der Waals surface area contributed by atoms with Crippen molar-refractivity contribution >= 4 is 49.1 Å². The van der Waals surface area contributed by atoms with E-state index in [0.717, 1.165) is 20.6 Å². The number of fused-ring (bicyclic) bond motifs is 1. The molecular weight excluding hydrogens is 284 g/mol. The number of nitrogens with zero attached hydrogens (tertiary/aromatic N) is 2.